The zero-order valence-electron chi connectivity index (χ0n) is 20.2. The fraction of sp³-hybridized carbons (Fsp3) is 0.464. The third-order valence-electron chi connectivity index (χ3n) is 7.77. The van der Waals surface area contributed by atoms with E-state index in [0.717, 1.165) is 35.1 Å². The van der Waals surface area contributed by atoms with Crippen LogP contribution in [0.1, 0.15) is 56.6 Å². The van der Waals surface area contributed by atoms with Crippen LogP contribution >= 0.6 is 0 Å². The molecule has 7 nitrogen and oxygen atoms in total. The number of amides is 2. The van der Waals surface area contributed by atoms with Crippen LogP contribution in [0.5, 0.6) is 0 Å². The topological polar surface area (TPSA) is 95.9 Å². The number of piperidine rings is 1. The summed E-state index contributed by atoms with van der Waals surface area (Å²) in [6, 6.07) is 15.4. The summed E-state index contributed by atoms with van der Waals surface area (Å²) < 4.78 is 5.66. The molecule has 1 heterocycles. The zero-order valence-corrected chi connectivity index (χ0v) is 20.2. The SMILES string of the molecule is CC(C)C[C@H](NC(=O)OCC1c2ccccc2-c2ccccc21)C(=O)N1CCC[C@H]2C[C@]21C(=O)O. The van der Waals surface area contributed by atoms with Crippen molar-refractivity contribution in [1.29, 1.82) is 0 Å². The third-order valence-corrected chi connectivity index (χ3v) is 7.77. The first-order chi connectivity index (χ1) is 16.8. The number of carbonyl (C=O) groups excluding carboxylic acids is 2. The Labute approximate surface area is 205 Å². The lowest BCUT2D eigenvalue weighted by molar-refractivity contribution is -0.155. The fourth-order valence-electron chi connectivity index (χ4n) is 6.03. The minimum absolute atomic E-state index is 0.00635. The second kappa shape index (κ2) is 9.02. The van der Waals surface area contributed by atoms with Gasteiger partial charge in [-0.25, -0.2) is 9.59 Å². The lowest BCUT2D eigenvalue weighted by atomic mass is 9.97. The van der Waals surface area contributed by atoms with Gasteiger partial charge in [-0.05, 0) is 59.8 Å². The maximum absolute atomic E-state index is 13.5. The molecule has 2 aromatic rings. The number of nitrogens with one attached hydrogen (secondary N) is 1. The molecule has 1 saturated heterocycles. The average Bonchev–Trinajstić information content (AvgIpc) is 3.53. The van der Waals surface area contributed by atoms with Crippen LogP contribution in [0.3, 0.4) is 0 Å². The van der Waals surface area contributed by atoms with Crippen molar-refractivity contribution in [3.05, 3.63) is 59.7 Å². The Morgan fingerprint density at radius 1 is 1.09 bits per heavy atom. The average molecular weight is 477 g/mol. The molecule has 3 aliphatic rings. The monoisotopic (exact) mass is 476 g/mol. The Hall–Kier alpha value is -3.35. The number of fused-ring (bicyclic) bond motifs is 4. The summed E-state index contributed by atoms with van der Waals surface area (Å²) in [5, 5.41) is 12.6. The number of alkyl carbamates (subject to hydrolysis) is 1. The maximum atomic E-state index is 13.5. The van der Waals surface area contributed by atoms with Crippen molar-refractivity contribution in [3.63, 3.8) is 0 Å². The lowest BCUT2D eigenvalue weighted by Crippen LogP contribution is -2.57. The molecule has 0 spiro atoms. The van der Waals surface area contributed by atoms with Crippen molar-refractivity contribution in [3.8, 4) is 11.1 Å². The van der Waals surface area contributed by atoms with E-state index in [-0.39, 0.29) is 30.3 Å². The van der Waals surface area contributed by atoms with Gasteiger partial charge in [0.25, 0.3) is 0 Å². The number of rotatable bonds is 7. The van der Waals surface area contributed by atoms with Crippen LogP contribution < -0.4 is 5.32 Å². The van der Waals surface area contributed by atoms with E-state index >= 15 is 0 Å². The van der Waals surface area contributed by atoms with E-state index < -0.39 is 23.6 Å². The number of benzene rings is 2. The molecule has 5 rings (SSSR count). The molecule has 2 amide bonds. The van der Waals surface area contributed by atoms with Crippen molar-refractivity contribution >= 4 is 18.0 Å². The molecular formula is C28H32N2O5. The van der Waals surface area contributed by atoms with Crippen LogP contribution in [0.25, 0.3) is 11.1 Å². The van der Waals surface area contributed by atoms with E-state index in [2.05, 4.69) is 29.6 Å². The molecule has 0 aromatic heterocycles. The van der Waals surface area contributed by atoms with Crippen molar-refractivity contribution < 1.29 is 24.2 Å². The highest BCUT2D eigenvalue weighted by molar-refractivity contribution is 5.94. The molecule has 0 radical (unpaired) electrons. The second-order valence-electron chi connectivity index (χ2n) is 10.4. The number of aliphatic carboxylic acids is 1. The summed E-state index contributed by atoms with van der Waals surface area (Å²) in [6.45, 7) is 4.52. The van der Waals surface area contributed by atoms with Gasteiger partial charge in [0.05, 0.1) is 0 Å². The second-order valence-corrected chi connectivity index (χ2v) is 10.4. The highest BCUT2D eigenvalue weighted by Crippen LogP contribution is 2.54. The van der Waals surface area contributed by atoms with Gasteiger partial charge in [0.1, 0.15) is 18.2 Å². The molecule has 0 bridgehead atoms. The van der Waals surface area contributed by atoms with Crippen LogP contribution in [0.2, 0.25) is 0 Å². The number of hydrogen-bond donors (Lipinski definition) is 2. The van der Waals surface area contributed by atoms with Crippen LogP contribution in [0.15, 0.2) is 48.5 Å². The summed E-state index contributed by atoms with van der Waals surface area (Å²) in [5.74, 6) is -1.20. The molecule has 2 N–H and O–H groups in total. The number of hydrogen-bond acceptors (Lipinski definition) is 4. The molecule has 1 saturated carbocycles. The Bertz CT molecular complexity index is 1120. The molecule has 7 heteroatoms. The van der Waals surface area contributed by atoms with Gasteiger partial charge in [-0.3, -0.25) is 4.79 Å². The molecule has 184 valence electrons. The fourth-order valence-corrected chi connectivity index (χ4v) is 6.03. The summed E-state index contributed by atoms with van der Waals surface area (Å²) in [5.41, 5.74) is 3.43. The first-order valence-corrected chi connectivity index (χ1v) is 12.5. The predicted octanol–water partition coefficient (Wildman–Crippen LogP) is 4.41. The Morgan fingerprint density at radius 2 is 1.71 bits per heavy atom. The molecule has 2 aliphatic carbocycles. The van der Waals surface area contributed by atoms with E-state index in [9.17, 15) is 19.5 Å². The van der Waals surface area contributed by atoms with Crippen LogP contribution in [0.4, 0.5) is 4.79 Å². The zero-order chi connectivity index (χ0) is 24.7. The van der Waals surface area contributed by atoms with Gasteiger partial charge in [0, 0.05) is 12.5 Å². The minimum atomic E-state index is -1.10. The summed E-state index contributed by atoms with van der Waals surface area (Å²) in [6.07, 6.45) is 1.86. The van der Waals surface area contributed by atoms with Gasteiger partial charge in [0.2, 0.25) is 5.91 Å². The van der Waals surface area contributed by atoms with E-state index in [4.69, 9.17) is 4.74 Å². The lowest BCUT2D eigenvalue weighted by Gasteiger charge is -2.36. The largest absolute Gasteiger partial charge is 0.479 e. The van der Waals surface area contributed by atoms with Gasteiger partial charge in [-0.1, -0.05) is 62.4 Å². The molecule has 2 fully saturated rings. The Morgan fingerprint density at radius 3 is 2.31 bits per heavy atom. The van der Waals surface area contributed by atoms with Crippen molar-refractivity contribution in [2.45, 2.75) is 57.0 Å². The molecule has 2 aromatic carbocycles. The van der Waals surface area contributed by atoms with E-state index in [0.29, 0.717) is 19.4 Å². The Balaban J connectivity index is 1.29. The normalized spacial score (nSPS) is 23.2. The molecule has 1 aliphatic heterocycles. The highest BCUT2D eigenvalue weighted by Gasteiger charge is 2.67. The molecular weight excluding hydrogens is 444 g/mol. The number of ether oxygens (including phenoxy) is 1. The van der Waals surface area contributed by atoms with Crippen molar-refractivity contribution in [1.82, 2.24) is 10.2 Å². The summed E-state index contributed by atoms with van der Waals surface area (Å²) in [4.78, 5) is 39.9. The maximum Gasteiger partial charge on any atom is 0.407 e. The van der Waals surface area contributed by atoms with Gasteiger partial charge < -0.3 is 20.1 Å². The summed E-state index contributed by atoms with van der Waals surface area (Å²) >= 11 is 0. The van der Waals surface area contributed by atoms with Gasteiger partial charge in [0.15, 0.2) is 0 Å². The first-order valence-electron chi connectivity index (χ1n) is 12.5. The molecule has 0 unspecified atom stereocenters. The smallest absolute Gasteiger partial charge is 0.407 e. The number of carboxylic acid groups (broad SMARTS) is 1. The quantitative estimate of drug-likeness (QED) is 0.617. The van der Waals surface area contributed by atoms with Crippen LogP contribution in [-0.4, -0.2) is 52.7 Å². The van der Waals surface area contributed by atoms with Crippen molar-refractivity contribution in [2.75, 3.05) is 13.2 Å². The number of carbonyl (C=O) groups is 3. The highest BCUT2D eigenvalue weighted by atomic mass is 16.5. The van der Waals surface area contributed by atoms with Crippen LogP contribution in [0, 0.1) is 11.8 Å². The number of likely N-dealkylation sites (tertiary alicyclic amines) is 1. The third kappa shape index (κ3) is 4.07. The molecule has 3 atom stereocenters. The van der Waals surface area contributed by atoms with E-state index in [1.54, 1.807) is 0 Å². The van der Waals surface area contributed by atoms with Gasteiger partial charge in [-0.15, -0.1) is 0 Å². The Kier molecular flexibility index (Phi) is 6.03. The molecule has 35 heavy (non-hydrogen) atoms. The van der Waals surface area contributed by atoms with E-state index in [1.165, 1.54) is 4.90 Å². The minimum Gasteiger partial charge on any atom is -0.479 e. The standard InChI is InChI=1S/C28H32N2O5/c1-17(2)14-24(25(31)30-13-7-8-18-15-28(18,30)26(32)33)29-27(34)35-16-23-21-11-5-3-9-19(21)20-10-4-6-12-22(20)23/h3-6,9-12,17-18,23-24H,7-8,13-16H2,1-2H3,(H,29,34)(H,32,33)/t18-,24-,28+/m0/s1. The van der Waals surface area contributed by atoms with Crippen LogP contribution in [-0.2, 0) is 14.3 Å². The summed E-state index contributed by atoms with van der Waals surface area (Å²) in [7, 11) is 0. The predicted molar refractivity (Wildman–Crippen MR) is 131 cm³/mol. The van der Waals surface area contributed by atoms with E-state index in [1.807, 2.05) is 38.1 Å². The van der Waals surface area contributed by atoms with Gasteiger partial charge in [-0.2, -0.15) is 0 Å². The number of carboxylic acids is 1. The first kappa shape index (κ1) is 23.4. The van der Waals surface area contributed by atoms with Crippen molar-refractivity contribution in [2.24, 2.45) is 11.8 Å². The van der Waals surface area contributed by atoms with Gasteiger partial charge >= 0.3 is 12.1 Å². The number of nitrogens with zero attached hydrogens (tertiary/aromatic N) is 1.